The number of fused-ring (bicyclic) bond motifs is 1. The highest BCUT2D eigenvalue weighted by Crippen LogP contribution is 2.34. The third-order valence-electron chi connectivity index (χ3n) is 4.83. The zero-order valence-electron chi connectivity index (χ0n) is 16.1. The van der Waals surface area contributed by atoms with E-state index < -0.39 is 0 Å². The fourth-order valence-corrected chi connectivity index (χ4v) is 3.62. The van der Waals surface area contributed by atoms with Crippen LogP contribution < -0.4 is 9.80 Å². The number of hydrogen-bond donors (Lipinski definition) is 1. The van der Waals surface area contributed by atoms with Crippen LogP contribution in [0.5, 0.6) is 0 Å². The fourth-order valence-electron chi connectivity index (χ4n) is 3.62. The predicted octanol–water partition coefficient (Wildman–Crippen LogP) is 2.95. The van der Waals surface area contributed by atoms with E-state index in [1.54, 1.807) is 6.20 Å². The van der Waals surface area contributed by atoms with Gasteiger partial charge >= 0.3 is 0 Å². The molecule has 3 aromatic heterocycles. The monoisotopic (exact) mass is 366 g/mol. The summed E-state index contributed by atoms with van der Waals surface area (Å²) < 4.78 is 5.52. The van der Waals surface area contributed by atoms with Crippen molar-refractivity contribution in [2.75, 3.05) is 49.7 Å². The van der Waals surface area contributed by atoms with Crippen LogP contribution in [0.15, 0.2) is 30.6 Å². The number of nitrogens with zero attached hydrogens (tertiary/aromatic N) is 5. The van der Waals surface area contributed by atoms with Crippen LogP contribution in [0.3, 0.4) is 0 Å². The Bertz CT molecular complexity index is 902. The Morgan fingerprint density at radius 3 is 2.74 bits per heavy atom. The lowest BCUT2D eigenvalue weighted by Gasteiger charge is -2.30. The second-order valence-corrected chi connectivity index (χ2v) is 7.40. The molecule has 4 heterocycles. The second kappa shape index (κ2) is 7.52. The molecule has 3 aromatic rings. The molecule has 0 aromatic carbocycles. The fraction of sp³-hybridized carbons (Fsp3) is 0.450. The number of pyridine rings is 2. The van der Waals surface area contributed by atoms with Crippen LogP contribution in [-0.4, -0.2) is 60.1 Å². The topological polar surface area (TPSA) is 70.2 Å². The number of nitrogens with one attached hydrogen (secondary N) is 1. The van der Waals surface area contributed by atoms with Crippen molar-refractivity contribution in [3.63, 3.8) is 0 Å². The van der Waals surface area contributed by atoms with Gasteiger partial charge in [-0.1, -0.05) is 13.8 Å². The average molecular weight is 366 g/mol. The Hall–Kier alpha value is -2.67. The summed E-state index contributed by atoms with van der Waals surface area (Å²) in [7, 11) is 2.15. The van der Waals surface area contributed by atoms with Gasteiger partial charge in [-0.3, -0.25) is 10.1 Å². The van der Waals surface area contributed by atoms with Crippen molar-refractivity contribution in [2.45, 2.75) is 13.8 Å². The van der Waals surface area contributed by atoms with Gasteiger partial charge in [0.05, 0.1) is 18.9 Å². The quantitative estimate of drug-likeness (QED) is 0.749. The first-order valence-electron chi connectivity index (χ1n) is 9.47. The second-order valence-electron chi connectivity index (χ2n) is 7.40. The lowest BCUT2D eigenvalue weighted by atomic mass is 10.1. The van der Waals surface area contributed by atoms with Gasteiger partial charge in [0.2, 0.25) is 0 Å². The van der Waals surface area contributed by atoms with E-state index in [9.17, 15) is 0 Å². The molecule has 27 heavy (non-hydrogen) atoms. The molecule has 0 spiro atoms. The molecule has 142 valence electrons. The van der Waals surface area contributed by atoms with Gasteiger partial charge in [0.25, 0.3) is 0 Å². The summed E-state index contributed by atoms with van der Waals surface area (Å²) in [5.74, 6) is 1.55. The summed E-state index contributed by atoms with van der Waals surface area (Å²) in [4.78, 5) is 14.2. The van der Waals surface area contributed by atoms with Crippen molar-refractivity contribution in [2.24, 2.45) is 5.92 Å². The molecule has 4 rings (SSSR count). The molecule has 0 aliphatic carbocycles. The summed E-state index contributed by atoms with van der Waals surface area (Å²) in [6.45, 7) is 8.62. The summed E-state index contributed by atoms with van der Waals surface area (Å²) >= 11 is 0. The van der Waals surface area contributed by atoms with E-state index in [1.165, 1.54) is 5.69 Å². The lowest BCUT2D eigenvalue weighted by Crippen LogP contribution is -2.37. The number of morpholine rings is 1. The van der Waals surface area contributed by atoms with Gasteiger partial charge in [-0.25, -0.2) is 4.98 Å². The molecule has 0 amide bonds. The molecule has 7 nitrogen and oxygen atoms in total. The summed E-state index contributed by atoms with van der Waals surface area (Å²) in [6.07, 6.45) is 3.59. The summed E-state index contributed by atoms with van der Waals surface area (Å²) in [5, 5.41) is 8.22. The Labute approximate surface area is 159 Å². The Morgan fingerprint density at radius 1 is 1.22 bits per heavy atom. The minimum atomic E-state index is 0.568. The van der Waals surface area contributed by atoms with Crippen LogP contribution in [0.2, 0.25) is 0 Å². The average Bonchev–Trinajstić information content (AvgIpc) is 3.21. The molecule has 1 aliphatic heterocycles. The molecule has 0 atom stereocenters. The molecule has 1 saturated heterocycles. The standard InChI is InChI=1S/C20H26N6O/c1-14(2)13-25(3)17-12-18(26-8-10-27-11-9-26)23-19-15(17)4-6-21-20(19)16-5-7-22-24-16/h4-7,12,14H,8-11,13H2,1-3H3,(H,22,24). The van der Waals surface area contributed by atoms with E-state index in [4.69, 9.17) is 9.72 Å². The largest absolute Gasteiger partial charge is 0.378 e. The summed E-state index contributed by atoms with van der Waals surface area (Å²) in [5.41, 5.74) is 3.79. The van der Waals surface area contributed by atoms with Crippen LogP contribution in [0.4, 0.5) is 11.5 Å². The van der Waals surface area contributed by atoms with E-state index in [-0.39, 0.29) is 0 Å². The van der Waals surface area contributed by atoms with Crippen molar-refractivity contribution < 1.29 is 4.74 Å². The molecule has 7 heteroatoms. The van der Waals surface area contributed by atoms with Gasteiger partial charge in [-0.05, 0) is 18.1 Å². The van der Waals surface area contributed by atoms with Gasteiger partial charge in [0.15, 0.2) is 0 Å². The zero-order chi connectivity index (χ0) is 18.8. The third kappa shape index (κ3) is 3.60. The molecule has 0 bridgehead atoms. The van der Waals surface area contributed by atoms with Crippen molar-refractivity contribution in [1.82, 2.24) is 20.2 Å². The van der Waals surface area contributed by atoms with Gasteiger partial charge < -0.3 is 14.5 Å². The minimum Gasteiger partial charge on any atom is -0.378 e. The predicted molar refractivity (Wildman–Crippen MR) is 108 cm³/mol. The van der Waals surface area contributed by atoms with Crippen LogP contribution in [0.1, 0.15) is 13.8 Å². The first-order chi connectivity index (χ1) is 13.1. The Morgan fingerprint density at radius 2 is 2.04 bits per heavy atom. The van der Waals surface area contributed by atoms with E-state index in [0.717, 1.165) is 61.0 Å². The molecule has 1 fully saturated rings. The molecular weight excluding hydrogens is 340 g/mol. The van der Waals surface area contributed by atoms with Gasteiger partial charge in [-0.2, -0.15) is 5.10 Å². The maximum absolute atomic E-state index is 5.52. The third-order valence-corrected chi connectivity index (χ3v) is 4.83. The molecular formula is C20H26N6O. The first-order valence-corrected chi connectivity index (χ1v) is 9.47. The smallest absolute Gasteiger partial charge is 0.131 e. The van der Waals surface area contributed by atoms with Crippen LogP contribution in [-0.2, 0) is 4.74 Å². The Kier molecular flexibility index (Phi) is 4.94. The maximum Gasteiger partial charge on any atom is 0.131 e. The number of rotatable bonds is 5. The van der Waals surface area contributed by atoms with Crippen molar-refractivity contribution in [1.29, 1.82) is 0 Å². The molecule has 0 radical (unpaired) electrons. The zero-order valence-corrected chi connectivity index (χ0v) is 16.1. The van der Waals surface area contributed by atoms with E-state index in [1.807, 2.05) is 12.3 Å². The maximum atomic E-state index is 5.52. The van der Waals surface area contributed by atoms with E-state index >= 15 is 0 Å². The highest BCUT2D eigenvalue weighted by molar-refractivity contribution is 5.99. The molecule has 0 unspecified atom stereocenters. The SMILES string of the molecule is CC(C)CN(C)c1cc(N2CCOCC2)nc2c(-c3ccn[nH]3)nccc12. The number of hydrogen-bond acceptors (Lipinski definition) is 6. The van der Waals surface area contributed by atoms with Crippen molar-refractivity contribution in [3.8, 4) is 11.4 Å². The number of anilines is 2. The number of ether oxygens (including phenoxy) is 1. The highest BCUT2D eigenvalue weighted by Gasteiger charge is 2.19. The first kappa shape index (κ1) is 17.7. The van der Waals surface area contributed by atoms with Gasteiger partial charge in [0.1, 0.15) is 17.0 Å². The van der Waals surface area contributed by atoms with Gasteiger partial charge in [-0.15, -0.1) is 0 Å². The van der Waals surface area contributed by atoms with E-state index in [2.05, 4.69) is 58.0 Å². The van der Waals surface area contributed by atoms with Crippen LogP contribution >= 0.6 is 0 Å². The van der Waals surface area contributed by atoms with Crippen LogP contribution in [0.25, 0.3) is 22.3 Å². The van der Waals surface area contributed by atoms with Crippen molar-refractivity contribution >= 4 is 22.4 Å². The van der Waals surface area contributed by atoms with Gasteiger partial charge in [0, 0.05) is 56.2 Å². The summed E-state index contributed by atoms with van der Waals surface area (Å²) in [6, 6.07) is 6.19. The minimum absolute atomic E-state index is 0.568. The normalized spacial score (nSPS) is 14.9. The van der Waals surface area contributed by atoms with Crippen LogP contribution in [0, 0.1) is 5.92 Å². The highest BCUT2D eigenvalue weighted by atomic mass is 16.5. The number of aromatic amines is 1. The lowest BCUT2D eigenvalue weighted by molar-refractivity contribution is 0.122. The van der Waals surface area contributed by atoms with E-state index in [0.29, 0.717) is 5.92 Å². The Balaban J connectivity index is 1.89. The molecule has 1 aliphatic rings. The molecule has 0 saturated carbocycles. The number of H-pyrrole nitrogens is 1. The number of aromatic nitrogens is 4. The molecule has 1 N–H and O–H groups in total. The van der Waals surface area contributed by atoms with Crippen molar-refractivity contribution in [3.05, 3.63) is 30.6 Å².